The zero-order valence-electron chi connectivity index (χ0n) is 13.1. The fourth-order valence-corrected chi connectivity index (χ4v) is 3.75. The first-order valence-electron chi connectivity index (χ1n) is 7.21. The minimum atomic E-state index is -0.283. The molecular formula is C16H15BrN4O2S. The molecule has 0 saturated carbocycles. The van der Waals surface area contributed by atoms with E-state index in [9.17, 15) is 9.59 Å². The van der Waals surface area contributed by atoms with Crippen molar-refractivity contribution in [1.29, 1.82) is 0 Å². The number of halogens is 1. The average molecular weight is 407 g/mol. The Labute approximate surface area is 151 Å². The SMILES string of the molecule is Cc1nn(C)c2sc(C(=O)NCC(=O)Nc3ccccc3Br)cc12. The fraction of sp³-hybridized carbons (Fsp3) is 0.188. The summed E-state index contributed by atoms with van der Waals surface area (Å²) in [7, 11) is 1.85. The van der Waals surface area contributed by atoms with E-state index in [2.05, 4.69) is 31.7 Å². The van der Waals surface area contributed by atoms with Gasteiger partial charge in [0.15, 0.2) is 0 Å². The van der Waals surface area contributed by atoms with Gasteiger partial charge in [-0.15, -0.1) is 11.3 Å². The second-order valence-corrected chi connectivity index (χ2v) is 7.13. The largest absolute Gasteiger partial charge is 0.342 e. The number of aryl methyl sites for hydroxylation is 2. The normalized spacial score (nSPS) is 10.8. The summed E-state index contributed by atoms with van der Waals surface area (Å²) < 4.78 is 2.54. The number of aromatic nitrogens is 2. The van der Waals surface area contributed by atoms with Gasteiger partial charge in [-0.3, -0.25) is 14.3 Å². The number of nitrogens with one attached hydrogen (secondary N) is 2. The third kappa shape index (κ3) is 3.34. The van der Waals surface area contributed by atoms with E-state index in [-0.39, 0.29) is 18.4 Å². The summed E-state index contributed by atoms with van der Waals surface area (Å²) in [5.41, 5.74) is 1.55. The molecule has 3 rings (SSSR count). The third-order valence-electron chi connectivity index (χ3n) is 3.48. The maximum Gasteiger partial charge on any atom is 0.261 e. The Morgan fingerprint density at radius 1 is 1.33 bits per heavy atom. The van der Waals surface area contributed by atoms with Crippen LogP contribution in [0.4, 0.5) is 5.69 Å². The van der Waals surface area contributed by atoms with Crippen LogP contribution in [-0.4, -0.2) is 28.1 Å². The number of para-hydroxylation sites is 1. The lowest BCUT2D eigenvalue weighted by Crippen LogP contribution is -2.32. The van der Waals surface area contributed by atoms with Crippen molar-refractivity contribution in [3.05, 3.63) is 45.4 Å². The highest BCUT2D eigenvalue weighted by atomic mass is 79.9. The summed E-state index contributed by atoms with van der Waals surface area (Å²) >= 11 is 4.72. The lowest BCUT2D eigenvalue weighted by molar-refractivity contribution is -0.115. The topological polar surface area (TPSA) is 76.0 Å². The molecule has 2 heterocycles. The molecule has 124 valence electrons. The summed E-state index contributed by atoms with van der Waals surface area (Å²) in [6, 6.07) is 9.11. The number of rotatable bonds is 4. The monoisotopic (exact) mass is 406 g/mol. The van der Waals surface area contributed by atoms with Crippen LogP contribution in [0.5, 0.6) is 0 Å². The molecule has 0 fully saturated rings. The van der Waals surface area contributed by atoms with E-state index < -0.39 is 0 Å². The van der Waals surface area contributed by atoms with Crippen LogP contribution in [-0.2, 0) is 11.8 Å². The van der Waals surface area contributed by atoms with Crippen molar-refractivity contribution in [2.24, 2.45) is 7.05 Å². The highest BCUT2D eigenvalue weighted by Crippen LogP contribution is 2.27. The Morgan fingerprint density at radius 2 is 2.08 bits per heavy atom. The van der Waals surface area contributed by atoms with E-state index in [0.717, 1.165) is 20.4 Å². The van der Waals surface area contributed by atoms with E-state index in [1.807, 2.05) is 38.2 Å². The number of thiophene rings is 1. The van der Waals surface area contributed by atoms with Crippen molar-refractivity contribution in [2.45, 2.75) is 6.92 Å². The molecule has 1 aromatic carbocycles. The lowest BCUT2D eigenvalue weighted by atomic mass is 10.3. The van der Waals surface area contributed by atoms with Gasteiger partial charge in [0, 0.05) is 16.9 Å². The number of nitrogens with zero attached hydrogens (tertiary/aromatic N) is 2. The quantitative estimate of drug-likeness (QED) is 0.698. The highest BCUT2D eigenvalue weighted by molar-refractivity contribution is 9.10. The van der Waals surface area contributed by atoms with E-state index in [4.69, 9.17) is 0 Å². The molecule has 24 heavy (non-hydrogen) atoms. The Bertz CT molecular complexity index is 897. The Kier molecular flexibility index (Phi) is 4.68. The zero-order valence-corrected chi connectivity index (χ0v) is 15.5. The maximum absolute atomic E-state index is 12.2. The molecule has 6 nitrogen and oxygen atoms in total. The Morgan fingerprint density at radius 3 is 2.79 bits per heavy atom. The van der Waals surface area contributed by atoms with Gasteiger partial charge < -0.3 is 10.6 Å². The molecule has 0 unspecified atom stereocenters. The Hall–Kier alpha value is -2.19. The molecule has 0 aliphatic heterocycles. The number of anilines is 1. The number of hydrogen-bond acceptors (Lipinski definition) is 4. The summed E-state index contributed by atoms with van der Waals surface area (Å²) in [6.45, 7) is 1.81. The number of hydrogen-bond donors (Lipinski definition) is 2. The molecule has 2 amide bonds. The highest BCUT2D eigenvalue weighted by Gasteiger charge is 2.15. The van der Waals surface area contributed by atoms with Crippen LogP contribution in [0.3, 0.4) is 0 Å². The summed E-state index contributed by atoms with van der Waals surface area (Å²) in [6.07, 6.45) is 0. The van der Waals surface area contributed by atoms with Crippen LogP contribution in [0.25, 0.3) is 10.2 Å². The van der Waals surface area contributed by atoms with Gasteiger partial charge >= 0.3 is 0 Å². The van der Waals surface area contributed by atoms with E-state index in [1.54, 1.807) is 10.7 Å². The predicted octanol–water partition coefficient (Wildman–Crippen LogP) is 3.07. The van der Waals surface area contributed by atoms with Crippen molar-refractivity contribution < 1.29 is 9.59 Å². The van der Waals surface area contributed by atoms with Gasteiger partial charge in [0.2, 0.25) is 5.91 Å². The van der Waals surface area contributed by atoms with Crippen molar-refractivity contribution in [3.63, 3.8) is 0 Å². The smallest absolute Gasteiger partial charge is 0.261 e. The summed E-state index contributed by atoms with van der Waals surface area (Å²) in [4.78, 5) is 25.7. The molecule has 0 atom stereocenters. The Balaban J connectivity index is 1.63. The molecule has 8 heteroatoms. The minimum absolute atomic E-state index is 0.0916. The van der Waals surface area contributed by atoms with Gasteiger partial charge in [-0.2, -0.15) is 5.10 Å². The second-order valence-electron chi connectivity index (χ2n) is 5.25. The number of carbonyl (C=O) groups is 2. The number of amides is 2. The van der Waals surface area contributed by atoms with Gasteiger partial charge in [-0.1, -0.05) is 12.1 Å². The minimum Gasteiger partial charge on any atom is -0.342 e. The number of carbonyl (C=O) groups excluding carboxylic acids is 2. The van der Waals surface area contributed by atoms with Crippen molar-refractivity contribution in [3.8, 4) is 0 Å². The van der Waals surface area contributed by atoms with Crippen molar-refractivity contribution >= 4 is 55.0 Å². The van der Waals surface area contributed by atoms with Crippen LogP contribution in [0.2, 0.25) is 0 Å². The van der Waals surface area contributed by atoms with Crippen molar-refractivity contribution in [1.82, 2.24) is 15.1 Å². The molecular weight excluding hydrogens is 392 g/mol. The number of benzene rings is 1. The van der Waals surface area contributed by atoms with E-state index in [1.165, 1.54) is 11.3 Å². The van der Waals surface area contributed by atoms with Crippen LogP contribution in [0.1, 0.15) is 15.4 Å². The van der Waals surface area contributed by atoms with Gasteiger partial charge in [-0.25, -0.2) is 0 Å². The first kappa shape index (κ1) is 16.7. The summed E-state index contributed by atoms with van der Waals surface area (Å²) in [5.74, 6) is -0.549. The molecule has 0 bridgehead atoms. The zero-order chi connectivity index (χ0) is 17.3. The molecule has 3 aromatic rings. The molecule has 0 aliphatic carbocycles. The van der Waals surface area contributed by atoms with E-state index >= 15 is 0 Å². The second kappa shape index (κ2) is 6.74. The summed E-state index contributed by atoms with van der Waals surface area (Å²) in [5, 5.41) is 10.7. The van der Waals surface area contributed by atoms with Crippen LogP contribution >= 0.6 is 27.3 Å². The van der Waals surface area contributed by atoms with Gasteiger partial charge in [-0.05, 0) is 41.1 Å². The molecule has 2 aromatic heterocycles. The molecule has 2 N–H and O–H groups in total. The first-order chi connectivity index (χ1) is 11.5. The van der Waals surface area contributed by atoms with Gasteiger partial charge in [0.25, 0.3) is 5.91 Å². The fourth-order valence-electron chi connectivity index (χ4n) is 2.32. The average Bonchev–Trinajstić information content (AvgIpc) is 3.10. The van der Waals surface area contributed by atoms with Crippen molar-refractivity contribution in [2.75, 3.05) is 11.9 Å². The predicted molar refractivity (Wildman–Crippen MR) is 98.4 cm³/mol. The van der Waals surface area contributed by atoms with Gasteiger partial charge in [0.1, 0.15) is 4.83 Å². The van der Waals surface area contributed by atoms with E-state index in [0.29, 0.717) is 10.6 Å². The first-order valence-corrected chi connectivity index (χ1v) is 8.82. The lowest BCUT2D eigenvalue weighted by Gasteiger charge is -2.07. The van der Waals surface area contributed by atoms with Gasteiger partial charge in [0.05, 0.1) is 22.8 Å². The third-order valence-corrected chi connectivity index (χ3v) is 5.37. The number of fused-ring (bicyclic) bond motifs is 1. The molecule has 0 radical (unpaired) electrons. The van der Waals surface area contributed by atoms with Crippen LogP contribution in [0, 0.1) is 6.92 Å². The maximum atomic E-state index is 12.2. The standard InChI is InChI=1S/C16H15BrN4O2S/c1-9-10-7-13(24-16(10)21(2)20-9)15(23)18-8-14(22)19-12-6-4-3-5-11(12)17/h3-7H,8H2,1-2H3,(H,18,23)(H,19,22). The van der Waals surface area contributed by atoms with Crippen LogP contribution < -0.4 is 10.6 Å². The molecule has 0 spiro atoms. The molecule has 0 saturated heterocycles. The molecule has 0 aliphatic rings. The van der Waals surface area contributed by atoms with Crippen LogP contribution in [0.15, 0.2) is 34.8 Å².